The summed E-state index contributed by atoms with van der Waals surface area (Å²) in [4.78, 5) is 26.3. The summed E-state index contributed by atoms with van der Waals surface area (Å²) in [6.45, 7) is 3.65. The Kier molecular flexibility index (Phi) is 8.10. The number of nitro groups is 1. The van der Waals surface area contributed by atoms with Crippen LogP contribution in [0.15, 0.2) is 77.9 Å². The number of nitrogens with one attached hydrogen (secondary N) is 2. The number of nitro benzene ring substituents is 1. The van der Waals surface area contributed by atoms with Gasteiger partial charge in [-0.25, -0.2) is 5.43 Å². The Morgan fingerprint density at radius 2 is 1.73 bits per heavy atom. The largest absolute Gasteiger partial charge is 0.502 e. The molecular weight excluding hydrogens is 508 g/mol. The minimum atomic E-state index is -0.648. The second kappa shape index (κ2) is 12.2. The molecule has 40 heavy (non-hydrogen) atoms. The average molecular weight is 539 g/mol. The lowest BCUT2D eigenvalue weighted by molar-refractivity contribution is -0.385. The van der Waals surface area contributed by atoms with Gasteiger partial charge in [-0.2, -0.15) is 20.1 Å². The van der Waals surface area contributed by atoms with Gasteiger partial charge in [-0.3, -0.25) is 10.1 Å². The van der Waals surface area contributed by atoms with Gasteiger partial charge in [0.2, 0.25) is 23.6 Å². The van der Waals surface area contributed by atoms with E-state index >= 15 is 0 Å². The third-order valence-electron chi connectivity index (χ3n) is 6.81. The van der Waals surface area contributed by atoms with E-state index in [0.717, 1.165) is 43.6 Å². The van der Waals surface area contributed by atoms with E-state index in [1.165, 1.54) is 30.0 Å². The maximum Gasteiger partial charge on any atom is 0.311 e. The zero-order chi connectivity index (χ0) is 27.9. The lowest BCUT2D eigenvalue weighted by Crippen LogP contribution is -2.35. The molecule has 0 radical (unpaired) electrons. The predicted octanol–water partition coefficient (Wildman–Crippen LogP) is 5.44. The minimum Gasteiger partial charge on any atom is -0.502 e. The Hall–Kier alpha value is -5.06. The fourth-order valence-electron chi connectivity index (χ4n) is 4.62. The molecule has 1 aliphatic heterocycles. The van der Waals surface area contributed by atoms with Crippen LogP contribution < -0.4 is 15.6 Å². The molecule has 0 spiro atoms. The van der Waals surface area contributed by atoms with E-state index in [1.54, 1.807) is 0 Å². The maximum absolute atomic E-state index is 11.1. The first kappa shape index (κ1) is 26.5. The number of anilines is 4. The van der Waals surface area contributed by atoms with E-state index in [4.69, 9.17) is 0 Å². The van der Waals surface area contributed by atoms with Crippen LogP contribution in [0.5, 0.6) is 5.75 Å². The average Bonchev–Trinajstić information content (AvgIpc) is 2.96. The van der Waals surface area contributed by atoms with Gasteiger partial charge in [0, 0.05) is 30.4 Å². The second-order valence-electron chi connectivity index (χ2n) is 9.74. The van der Waals surface area contributed by atoms with Crippen molar-refractivity contribution in [2.24, 2.45) is 11.0 Å². The number of para-hydroxylation sites is 1. The number of nitrogens with zero attached hydrogens (tertiary/aromatic N) is 6. The summed E-state index contributed by atoms with van der Waals surface area (Å²) in [7, 11) is 0. The highest BCUT2D eigenvalue weighted by molar-refractivity contribution is 5.85. The smallest absolute Gasteiger partial charge is 0.311 e. The zero-order valence-corrected chi connectivity index (χ0v) is 22.1. The molecule has 2 heterocycles. The quantitative estimate of drug-likeness (QED) is 0.144. The van der Waals surface area contributed by atoms with Gasteiger partial charge in [0.1, 0.15) is 0 Å². The standard InChI is InChI=1S/C29H30N8O3/c1-20-10-12-24(13-11-20)31-27-32-28(35-30-19-23-8-5-9-25(26(23)38)37(39)40)34-29(33-27)36-16-14-22(15-17-36)18-21-6-3-2-4-7-21/h2-13,19,22,38H,14-18H2,1H3,(H2,31,32,33,34,35). The molecule has 11 heteroatoms. The van der Waals surface area contributed by atoms with E-state index in [-0.39, 0.29) is 11.5 Å². The highest BCUT2D eigenvalue weighted by Crippen LogP contribution is 2.28. The first-order chi connectivity index (χ1) is 19.4. The summed E-state index contributed by atoms with van der Waals surface area (Å²) >= 11 is 0. The van der Waals surface area contributed by atoms with Crippen LogP contribution >= 0.6 is 0 Å². The Bertz CT molecular complexity index is 1490. The molecular formula is C29H30N8O3. The van der Waals surface area contributed by atoms with Crippen molar-refractivity contribution < 1.29 is 10.0 Å². The maximum atomic E-state index is 11.1. The van der Waals surface area contributed by atoms with Crippen LogP contribution in [0.2, 0.25) is 0 Å². The Morgan fingerprint density at radius 3 is 2.45 bits per heavy atom. The number of piperidine rings is 1. The highest BCUT2D eigenvalue weighted by Gasteiger charge is 2.23. The van der Waals surface area contributed by atoms with Crippen molar-refractivity contribution in [1.29, 1.82) is 0 Å². The molecule has 4 aromatic rings. The third kappa shape index (κ3) is 6.68. The van der Waals surface area contributed by atoms with Gasteiger partial charge in [-0.1, -0.05) is 54.1 Å². The molecule has 0 aliphatic carbocycles. The summed E-state index contributed by atoms with van der Waals surface area (Å²) in [6.07, 6.45) is 4.38. The molecule has 3 aromatic carbocycles. The SMILES string of the molecule is Cc1ccc(Nc2nc(NN=Cc3cccc([N+](=O)[O-])c3O)nc(N3CCC(Cc4ccccc4)CC3)n2)cc1. The summed E-state index contributed by atoms with van der Waals surface area (Å²) < 4.78 is 0. The van der Waals surface area contributed by atoms with E-state index in [2.05, 4.69) is 60.0 Å². The fraction of sp³-hybridized carbons (Fsp3) is 0.241. The molecule has 0 bridgehead atoms. The molecule has 1 aromatic heterocycles. The molecule has 1 fully saturated rings. The number of hydrazone groups is 1. The number of phenols is 1. The number of aryl methyl sites for hydroxylation is 1. The van der Waals surface area contributed by atoms with Gasteiger partial charge in [-0.15, -0.1) is 0 Å². The second-order valence-corrected chi connectivity index (χ2v) is 9.74. The number of hydrogen-bond acceptors (Lipinski definition) is 10. The van der Waals surface area contributed by atoms with Crippen LogP contribution in [0.3, 0.4) is 0 Å². The van der Waals surface area contributed by atoms with Crippen LogP contribution in [0.1, 0.15) is 29.5 Å². The van der Waals surface area contributed by atoms with Crippen LogP contribution in [-0.2, 0) is 6.42 Å². The van der Waals surface area contributed by atoms with E-state index < -0.39 is 16.4 Å². The summed E-state index contributed by atoms with van der Waals surface area (Å²) in [6, 6.07) is 22.7. The van der Waals surface area contributed by atoms with Crippen LogP contribution in [0, 0.1) is 23.0 Å². The van der Waals surface area contributed by atoms with Gasteiger partial charge < -0.3 is 15.3 Å². The van der Waals surface area contributed by atoms with Gasteiger partial charge in [0.15, 0.2) is 0 Å². The van der Waals surface area contributed by atoms with Crippen molar-refractivity contribution >= 4 is 35.4 Å². The Morgan fingerprint density at radius 1 is 1.00 bits per heavy atom. The van der Waals surface area contributed by atoms with Crippen LogP contribution in [-0.4, -0.2) is 44.3 Å². The van der Waals surface area contributed by atoms with E-state index in [1.807, 2.05) is 37.3 Å². The molecule has 1 aliphatic rings. The van der Waals surface area contributed by atoms with Gasteiger partial charge in [-0.05, 0) is 55.9 Å². The van der Waals surface area contributed by atoms with Gasteiger partial charge >= 0.3 is 5.69 Å². The van der Waals surface area contributed by atoms with E-state index in [9.17, 15) is 15.2 Å². The molecule has 3 N–H and O–H groups in total. The fourth-order valence-corrected chi connectivity index (χ4v) is 4.62. The highest BCUT2D eigenvalue weighted by atomic mass is 16.6. The minimum absolute atomic E-state index is 0.189. The molecule has 5 rings (SSSR count). The summed E-state index contributed by atoms with van der Waals surface area (Å²) in [5.74, 6) is 1.21. The number of benzene rings is 3. The predicted molar refractivity (Wildman–Crippen MR) is 155 cm³/mol. The number of aromatic hydroxyl groups is 1. The normalized spacial score (nSPS) is 13.9. The Labute approximate surface area is 231 Å². The van der Waals surface area contributed by atoms with Crippen molar-refractivity contribution in [3.63, 3.8) is 0 Å². The van der Waals surface area contributed by atoms with Crippen molar-refractivity contribution in [1.82, 2.24) is 15.0 Å². The summed E-state index contributed by atoms with van der Waals surface area (Å²) in [5.41, 5.74) is 5.90. The Balaban J connectivity index is 1.34. The number of aromatic nitrogens is 3. The third-order valence-corrected chi connectivity index (χ3v) is 6.81. The molecule has 11 nitrogen and oxygen atoms in total. The summed E-state index contributed by atoms with van der Waals surface area (Å²) in [5, 5.41) is 28.7. The number of hydrogen-bond donors (Lipinski definition) is 3. The number of rotatable bonds is 9. The van der Waals surface area contributed by atoms with Crippen molar-refractivity contribution in [2.75, 3.05) is 28.7 Å². The molecule has 1 saturated heterocycles. The molecule has 0 unspecified atom stereocenters. The van der Waals surface area contributed by atoms with Crippen molar-refractivity contribution in [3.8, 4) is 5.75 Å². The first-order valence-corrected chi connectivity index (χ1v) is 13.1. The number of phenolic OH excluding ortho intramolecular Hbond substituents is 1. The monoisotopic (exact) mass is 538 g/mol. The molecule has 0 amide bonds. The van der Waals surface area contributed by atoms with Crippen molar-refractivity contribution in [2.45, 2.75) is 26.2 Å². The zero-order valence-electron chi connectivity index (χ0n) is 22.1. The topological polar surface area (TPSA) is 142 Å². The molecule has 0 saturated carbocycles. The van der Waals surface area contributed by atoms with Crippen LogP contribution in [0.4, 0.5) is 29.2 Å². The molecule has 0 atom stereocenters. The molecule has 204 valence electrons. The van der Waals surface area contributed by atoms with E-state index in [0.29, 0.717) is 17.8 Å². The lowest BCUT2D eigenvalue weighted by atomic mass is 9.90. The van der Waals surface area contributed by atoms with Gasteiger partial charge in [0.25, 0.3) is 0 Å². The lowest BCUT2D eigenvalue weighted by Gasteiger charge is -2.32. The van der Waals surface area contributed by atoms with Gasteiger partial charge in [0.05, 0.1) is 11.1 Å². The first-order valence-electron chi connectivity index (χ1n) is 13.1. The van der Waals surface area contributed by atoms with Crippen LogP contribution in [0.25, 0.3) is 0 Å². The van der Waals surface area contributed by atoms with Crippen molar-refractivity contribution in [3.05, 3.63) is 99.6 Å².